The Morgan fingerprint density at radius 1 is 1.27 bits per heavy atom. The maximum Gasteiger partial charge on any atom is 0.332 e. The smallest absolute Gasteiger partial charge is 0.332 e. The van der Waals surface area contributed by atoms with Gasteiger partial charge in [0.1, 0.15) is 0 Å². The van der Waals surface area contributed by atoms with Gasteiger partial charge in [0.15, 0.2) is 11.2 Å². The van der Waals surface area contributed by atoms with Crippen molar-refractivity contribution in [3.63, 3.8) is 0 Å². The van der Waals surface area contributed by atoms with Crippen molar-refractivity contribution in [1.29, 1.82) is 0 Å². The molecule has 0 aromatic carbocycles. The lowest BCUT2D eigenvalue weighted by molar-refractivity contribution is 0.122. The molecule has 2 aromatic heterocycles. The molecule has 120 valence electrons. The zero-order valence-electron chi connectivity index (χ0n) is 13.0. The summed E-state index contributed by atoms with van der Waals surface area (Å²) in [6.45, 7) is 5.17. The van der Waals surface area contributed by atoms with Gasteiger partial charge in [-0.15, -0.1) is 0 Å². The number of rotatable bonds is 4. The Hall–Kier alpha value is -2.09. The van der Waals surface area contributed by atoms with E-state index in [0.717, 1.165) is 25.9 Å². The normalized spacial score (nSPS) is 15.6. The average molecular weight is 307 g/mol. The molecule has 1 fully saturated rings. The molecule has 0 atom stereocenters. The number of H-pyrrole nitrogens is 1. The number of hydrogen-bond donors (Lipinski definition) is 1. The predicted octanol–water partition coefficient (Wildman–Crippen LogP) is 0.0600. The van der Waals surface area contributed by atoms with Crippen molar-refractivity contribution in [2.75, 3.05) is 31.2 Å². The summed E-state index contributed by atoms with van der Waals surface area (Å²) in [5.74, 6) is 0.624. The number of aromatic amines is 1. The highest BCUT2D eigenvalue weighted by Gasteiger charge is 2.19. The van der Waals surface area contributed by atoms with Crippen LogP contribution in [-0.2, 0) is 18.3 Å². The minimum absolute atomic E-state index is 0.293. The second-order valence-corrected chi connectivity index (χ2v) is 5.51. The fourth-order valence-corrected chi connectivity index (χ4v) is 2.68. The van der Waals surface area contributed by atoms with Crippen molar-refractivity contribution in [1.82, 2.24) is 19.1 Å². The Kier molecular flexibility index (Phi) is 4.02. The van der Waals surface area contributed by atoms with Gasteiger partial charge < -0.3 is 14.6 Å². The molecule has 0 amide bonds. The van der Waals surface area contributed by atoms with Crippen LogP contribution in [0.25, 0.3) is 11.2 Å². The van der Waals surface area contributed by atoms with Crippen molar-refractivity contribution in [3.8, 4) is 0 Å². The van der Waals surface area contributed by atoms with Gasteiger partial charge in [0.2, 0.25) is 5.95 Å². The number of aryl methyl sites for hydroxylation is 1. The number of hydrogen-bond acceptors (Lipinski definition) is 5. The highest BCUT2D eigenvalue weighted by Crippen LogP contribution is 2.14. The van der Waals surface area contributed by atoms with Crippen LogP contribution in [0.15, 0.2) is 9.59 Å². The van der Waals surface area contributed by atoms with Crippen molar-refractivity contribution in [3.05, 3.63) is 20.8 Å². The monoisotopic (exact) mass is 307 g/mol. The maximum absolute atomic E-state index is 12.5. The number of morpholine rings is 1. The first kappa shape index (κ1) is 14.8. The molecule has 8 heteroatoms. The summed E-state index contributed by atoms with van der Waals surface area (Å²) in [6.07, 6.45) is 1.72. The van der Waals surface area contributed by atoms with Crippen molar-refractivity contribution in [2.24, 2.45) is 7.05 Å². The fraction of sp³-hybridized carbons (Fsp3) is 0.643. The lowest BCUT2D eigenvalue weighted by Crippen LogP contribution is -2.39. The van der Waals surface area contributed by atoms with E-state index in [2.05, 4.69) is 9.97 Å². The molecule has 0 saturated carbocycles. The van der Waals surface area contributed by atoms with E-state index in [9.17, 15) is 9.59 Å². The lowest BCUT2D eigenvalue weighted by atomic mass is 10.3. The van der Waals surface area contributed by atoms with Crippen molar-refractivity contribution >= 4 is 17.1 Å². The van der Waals surface area contributed by atoms with Crippen LogP contribution in [0.3, 0.4) is 0 Å². The largest absolute Gasteiger partial charge is 0.378 e. The second kappa shape index (κ2) is 5.96. The summed E-state index contributed by atoms with van der Waals surface area (Å²) >= 11 is 0. The summed E-state index contributed by atoms with van der Waals surface area (Å²) in [5.41, 5.74) is 0.188. The minimum Gasteiger partial charge on any atom is -0.378 e. The molecule has 0 aliphatic carbocycles. The Morgan fingerprint density at radius 3 is 2.68 bits per heavy atom. The summed E-state index contributed by atoms with van der Waals surface area (Å²) in [5, 5.41) is 0. The summed E-state index contributed by atoms with van der Waals surface area (Å²) in [4.78, 5) is 34.4. The van der Waals surface area contributed by atoms with E-state index in [1.165, 1.54) is 9.13 Å². The number of aromatic nitrogens is 4. The SMILES string of the molecule is CCCCn1c(=O)c2[nH]c(N3CCOCC3)nc2n(C)c1=O. The summed E-state index contributed by atoms with van der Waals surface area (Å²) in [7, 11) is 1.65. The van der Waals surface area contributed by atoms with Crippen molar-refractivity contribution in [2.45, 2.75) is 26.3 Å². The van der Waals surface area contributed by atoms with E-state index in [1.54, 1.807) is 7.05 Å². The number of imidazole rings is 1. The molecular formula is C14H21N5O3. The first-order valence-electron chi connectivity index (χ1n) is 7.65. The molecule has 1 aliphatic heterocycles. The molecule has 0 unspecified atom stereocenters. The quantitative estimate of drug-likeness (QED) is 0.863. The van der Waals surface area contributed by atoms with Gasteiger partial charge in [-0.1, -0.05) is 13.3 Å². The predicted molar refractivity (Wildman–Crippen MR) is 83.5 cm³/mol. The third kappa shape index (κ3) is 2.43. The number of anilines is 1. The average Bonchev–Trinajstić information content (AvgIpc) is 2.99. The molecule has 1 aliphatic rings. The van der Waals surface area contributed by atoms with E-state index in [-0.39, 0.29) is 11.2 Å². The molecule has 22 heavy (non-hydrogen) atoms. The highest BCUT2D eigenvalue weighted by molar-refractivity contribution is 5.73. The zero-order chi connectivity index (χ0) is 15.7. The molecule has 0 spiro atoms. The highest BCUT2D eigenvalue weighted by atomic mass is 16.5. The molecule has 2 aromatic rings. The molecule has 1 saturated heterocycles. The lowest BCUT2D eigenvalue weighted by Gasteiger charge is -2.25. The number of nitrogens with one attached hydrogen (secondary N) is 1. The van der Waals surface area contributed by atoms with Crippen LogP contribution in [0.1, 0.15) is 19.8 Å². The summed E-state index contributed by atoms with van der Waals surface area (Å²) < 4.78 is 8.04. The van der Waals surface area contributed by atoms with Gasteiger partial charge in [-0.05, 0) is 6.42 Å². The van der Waals surface area contributed by atoms with Crippen molar-refractivity contribution < 1.29 is 4.74 Å². The zero-order valence-corrected chi connectivity index (χ0v) is 13.0. The number of nitrogens with zero attached hydrogens (tertiary/aromatic N) is 4. The van der Waals surface area contributed by atoms with Crippen LogP contribution in [0.2, 0.25) is 0 Å². The molecule has 0 bridgehead atoms. The Balaban J connectivity index is 2.11. The van der Waals surface area contributed by atoms with Gasteiger partial charge in [-0.25, -0.2) is 4.79 Å². The van der Waals surface area contributed by atoms with Crippen LogP contribution in [0.4, 0.5) is 5.95 Å². The van der Waals surface area contributed by atoms with Gasteiger partial charge in [0.25, 0.3) is 5.56 Å². The van der Waals surface area contributed by atoms with Crippen LogP contribution in [0, 0.1) is 0 Å². The maximum atomic E-state index is 12.5. The van der Waals surface area contributed by atoms with E-state index in [4.69, 9.17) is 4.74 Å². The first-order chi connectivity index (χ1) is 10.6. The molecule has 3 heterocycles. The minimum atomic E-state index is -0.314. The molecule has 3 rings (SSSR count). The van der Waals surface area contributed by atoms with Gasteiger partial charge in [0.05, 0.1) is 13.2 Å². The standard InChI is InChI=1S/C14H21N5O3/c1-3-4-5-19-12(20)10-11(17(2)14(19)21)16-13(15-10)18-6-8-22-9-7-18/h3-9H2,1-2H3,(H,15,16). The number of unbranched alkanes of at least 4 members (excludes halogenated alkanes) is 1. The van der Waals surface area contributed by atoms with Crippen LogP contribution in [-0.4, -0.2) is 45.4 Å². The van der Waals surface area contributed by atoms with E-state index in [0.29, 0.717) is 36.9 Å². The van der Waals surface area contributed by atoms with Gasteiger partial charge in [-0.2, -0.15) is 4.98 Å². The van der Waals surface area contributed by atoms with E-state index >= 15 is 0 Å². The van der Waals surface area contributed by atoms with Gasteiger partial charge >= 0.3 is 5.69 Å². The Morgan fingerprint density at radius 2 is 2.00 bits per heavy atom. The second-order valence-electron chi connectivity index (χ2n) is 5.51. The van der Waals surface area contributed by atoms with Crippen LogP contribution >= 0.6 is 0 Å². The third-order valence-corrected chi connectivity index (χ3v) is 4.01. The molecule has 1 N–H and O–H groups in total. The van der Waals surface area contributed by atoms with Crippen LogP contribution < -0.4 is 16.1 Å². The fourth-order valence-electron chi connectivity index (χ4n) is 2.68. The molecule has 0 radical (unpaired) electrons. The first-order valence-corrected chi connectivity index (χ1v) is 7.65. The number of ether oxygens (including phenoxy) is 1. The number of fused-ring (bicyclic) bond motifs is 1. The molecular weight excluding hydrogens is 286 g/mol. The molecule has 8 nitrogen and oxygen atoms in total. The Bertz CT molecular complexity index is 782. The topological polar surface area (TPSA) is 85.2 Å². The summed E-state index contributed by atoms with van der Waals surface area (Å²) in [6, 6.07) is 0. The van der Waals surface area contributed by atoms with E-state index in [1.807, 2.05) is 11.8 Å². The Labute approximate surface area is 127 Å². The van der Waals surface area contributed by atoms with Crippen LogP contribution in [0.5, 0.6) is 0 Å². The van der Waals surface area contributed by atoms with Gasteiger partial charge in [0, 0.05) is 26.7 Å². The third-order valence-electron chi connectivity index (χ3n) is 4.01. The van der Waals surface area contributed by atoms with Gasteiger partial charge in [-0.3, -0.25) is 13.9 Å². The van der Waals surface area contributed by atoms with E-state index < -0.39 is 0 Å².